The molecule has 1 aromatic carbocycles. The summed E-state index contributed by atoms with van der Waals surface area (Å²) in [6.07, 6.45) is 7.52. The standard InChI is InChI=1S/C18H28N2O/c1-2-14-8-11-16(12-9-14)20-18(21)17(19)13-10-15-6-4-3-5-7-15/h3-7,14,16-17H,2,8-13,19H2,1H3,(H,20,21). The predicted octanol–water partition coefficient (Wildman–Crippen LogP) is 3.03. The summed E-state index contributed by atoms with van der Waals surface area (Å²) < 4.78 is 0. The van der Waals surface area contributed by atoms with Crippen molar-refractivity contribution in [3.63, 3.8) is 0 Å². The van der Waals surface area contributed by atoms with Gasteiger partial charge >= 0.3 is 0 Å². The highest BCUT2D eigenvalue weighted by molar-refractivity contribution is 5.81. The summed E-state index contributed by atoms with van der Waals surface area (Å²) >= 11 is 0. The second-order valence-corrected chi connectivity index (χ2v) is 6.27. The summed E-state index contributed by atoms with van der Waals surface area (Å²) in [5.74, 6) is 0.871. The summed E-state index contributed by atoms with van der Waals surface area (Å²) in [6, 6.07) is 10.1. The van der Waals surface area contributed by atoms with Crippen LogP contribution in [-0.4, -0.2) is 18.0 Å². The van der Waals surface area contributed by atoms with Crippen molar-refractivity contribution in [3.05, 3.63) is 35.9 Å². The van der Waals surface area contributed by atoms with Crippen LogP contribution >= 0.6 is 0 Å². The van der Waals surface area contributed by atoms with Crippen molar-refractivity contribution in [1.82, 2.24) is 5.32 Å². The van der Waals surface area contributed by atoms with Crippen molar-refractivity contribution in [3.8, 4) is 0 Å². The number of nitrogens with two attached hydrogens (primary N) is 1. The third kappa shape index (κ3) is 5.16. The van der Waals surface area contributed by atoms with Crippen LogP contribution < -0.4 is 11.1 Å². The van der Waals surface area contributed by atoms with Crippen molar-refractivity contribution in [2.24, 2.45) is 11.7 Å². The van der Waals surface area contributed by atoms with Crippen molar-refractivity contribution in [2.45, 2.75) is 64.0 Å². The van der Waals surface area contributed by atoms with Crippen molar-refractivity contribution in [1.29, 1.82) is 0 Å². The summed E-state index contributed by atoms with van der Waals surface area (Å²) in [6.45, 7) is 2.25. The number of aryl methyl sites for hydroxylation is 1. The third-order valence-corrected chi connectivity index (χ3v) is 4.69. The first kappa shape index (κ1) is 16.0. The minimum atomic E-state index is -0.394. The molecule has 0 heterocycles. The molecule has 0 bridgehead atoms. The molecule has 0 aromatic heterocycles. The van der Waals surface area contributed by atoms with Gasteiger partial charge in [-0.2, -0.15) is 0 Å². The van der Waals surface area contributed by atoms with Gasteiger partial charge in [-0.3, -0.25) is 4.79 Å². The van der Waals surface area contributed by atoms with Gasteiger partial charge in [0.15, 0.2) is 0 Å². The molecule has 1 unspecified atom stereocenters. The average molecular weight is 288 g/mol. The number of hydrogen-bond acceptors (Lipinski definition) is 2. The van der Waals surface area contributed by atoms with Crippen LogP contribution in [0.5, 0.6) is 0 Å². The van der Waals surface area contributed by atoms with E-state index < -0.39 is 6.04 Å². The van der Waals surface area contributed by atoms with Gasteiger partial charge in [-0.15, -0.1) is 0 Å². The molecule has 0 spiro atoms. The second-order valence-electron chi connectivity index (χ2n) is 6.27. The number of carbonyl (C=O) groups excluding carboxylic acids is 1. The summed E-state index contributed by atoms with van der Waals surface area (Å²) in [5.41, 5.74) is 7.26. The lowest BCUT2D eigenvalue weighted by Crippen LogP contribution is -2.46. The van der Waals surface area contributed by atoms with E-state index in [9.17, 15) is 4.79 Å². The second kappa shape index (κ2) is 8.18. The Kier molecular flexibility index (Phi) is 6.24. The van der Waals surface area contributed by atoms with E-state index >= 15 is 0 Å². The Morgan fingerprint density at radius 1 is 1.24 bits per heavy atom. The van der Waals surface area contributed by atoms with E-state index in [1.165, 1.54) is 24.8 Å². The lowest BCUT2D eigenvalue weighted by Gasteiger charge is -2.29. The first-order valence-corrected chi connectivity index (χ1v) is 8.29. The van der Waals surface area contributed by atoms with Crippen LogP contribution in [0.15, 0.2) is 30.3 Å². The number of benzene rings is 1. The number of amides is 1. The highest BCUT2D eigenvalue weighted by Crippen LogP contribution is 2.26. The van der Waals surface area contributed by atoms with Crippen LogP contribution in [0.3, 0.4) is 0 Å². The lowest BCUT2D eigenvalue weighted by atomic mass is 9.84. The molecule has 116 valence electrons. The third-order valence-electron chi connectivity index (χ3n) is 4.69. The van der Waals surface area contributed by atoms with E-state index in [2.05, 4.69) is 24.4 Å². The van der Waals surface area contributed by atoms with Gasteiger partial charge in [0.2, 0.25) is 5.91 Å². The SMILES string of the molecule is CCC1CCC(NC(=O)C(N)CCc2ccccc2)CC1. The van der Waals surface area contributed by atoms with E-state index in [1.54, 1.807) is 0 Å². The molecule has 1 atom stereocenters. The van der Waals surface area contributed by atoms with Gasteiger partial charge in [-0.1, -0.05) is 43.7 Å². The minimum Gasteiger partial charge on any atom is -0.352 e. The average Bonchev–Trinajstić information content (AvgIpc) is 2.54. The zero-order valence-corrected chi connectivity index (χ0v) is 13.1. The number of hydrogen-bond donors (Lipinski definition) is 2. The van der Waals surface area contributed by atoms with E-state index in [4.69, 9.17) is 5.73 Å². The Balaban J connectivity index is 1.70. The smallest absolute Gasteiger partial charge is 0.237 e. The number of rotatable bonds is 6. The topological polar surface area (TPSA) is 55.1 Å². The molecular formula is C18H28N2O. The van der Waals surface area contributed by atoms with Gasteiger partial charge in [0.25, 0.3) is 0 Å². The molecule has 0 radical (unpaired) electrons. The van der Waals surface area contributed by atoms with Gasteiger partial charge < -0.3 is 11.1 Å². The van der Waals surface area contributed by atoms with Crippen LogP contribution in [-0.2, 0) is 11.2 Å². The molecule has 3 nitrogen and oxygen atoms in total. The fourth-order valence-electron chi connectivity index (χ4n) is 3.12. The van der Waals surface area contributed by atoms with Gasteiger partial charge in [-0.25, -0.2) is 0 Å². The molecule has 1 aliphatic rings. The first-order chi connectivity index (χ1) is 10.2. The predicted molar refractivity (Wildman–Crippen MR) is 86.9 cm³/mol. The molecule has 1 saturated carbocycles. The highest BCUT2D eigenvalue weighted by Gasteiger charge is 2.23. The van der Waals surface area contributed by atoms with Gasteiger partial charge in [0.1, 0.15) is 0 Å². The van der Waals surface area contributed by atoms with Crippen molar-refractivity contribution < 1.29 is 4.79 Å². The highest BCUT2D eigenvalue weighted by atomic mass is 16.2. The number of carbonyl (C=O) groups is 1. The van der Waals surface area contributed by atoms with Gasteiger partial charge in [-0.05, 0) is 50.0 Å². The summed E-state index contributed by atoms with van der Waals surface area (Å²) in [7, 11) is 0. The maximum Gasteiger partial charge on any atom is 0.237 e. The molecule has 1 aliphatic carbocycles. The zero-order valence-electron chi connectivity index (χ0n) is 13.1. The summed E-state index contributed by atoms with van der Waals surface area (Å²) in [4.78, 5) is 12.1. The van der Waals surface area contributed by atoms with E-state index in [0.29, 0.717) is 12.5 Å². The van der Waals surface area contributed by atoms with Crippen molar-refractivity contribution >= 4 is 5.91 Å². The summed E-state index contributed by atoms with van der Waals surface area (Å²) in [5, 5.41) is 3.14. The molecule has 21 heavy (non-hydrogen) atoms. The monoisotopic (exact) mass is 288 g/mol. The van der Waals surface area contributed by atoms with Crippen molar-refractivity contribution in [2.75, 3.05) is 0 Å². The Bertz CT molecular complexity index is 424. The fourth-order valence-corrected chi connectivity index (χ4v) is 3.12. The molecule has 1 fully saturated rings. The van der Waals surface area contributed by atoms with Crippen LogP contribution in [0.25, 0.3) is 0 Å². The number of nitrogens with one attached hydrogen (secondary N) is 1. The lowest BCUT2D eigenvalue weighted by molar-refractivity contribution is -0.123. The maximum atomic E-state index is 12.1. The van der Waals surface area contributed by atoms with Gasteiger partial charge in [0.05, 0.1) is 6.04 Å². The molecule has 3 N–H and O–H groups in total. The van der Waals surface area contributed by atoms with E-state index in [1.807, 2.05) is 18.2 Å². The van der Waals surface area contributed by atoms with Crippen LogP contribution in [0.2, 0.25) is 0 Å². The molecule has 1 aromatic rings. The van der Waals surface area contributed by atoms with Gasteiger partial charge in [0, 0.05) is 6.04 Å². The van der Waals surface area contributed by atoms with E-state index in [-0.39, 0.29) is 5.91 Å². The van der Waals surface area contributed by atoms with Crippen LogP contribution in [0, 0.1) is 5.92 Å². The Hall–Kier alpha value is -1.35. The molecule has 0 aliphatic heterocycles. The fraction of sp³-hybridized carbons (Fsp3) is 0.611. The van der Waals surface area contributed by atoms with Crippen LogP contribution in [0.4, 0.5) is 0 Å². The molecule has 2 rings (SSSR count). The molecule has 1 amide bonds. The largest absolute Gasteiger partial charge is 0.352 e. The Labute approximate surface area is 128 Å². The minimum absolute atomic E-state index is 0.0193. The van der Waals surface area contributed by atoms with E-state index in [0.717, 1.165) is 25.2 Å². The Morgan fingerprint density at radius 2 is 1.90 bits per heavy atom. The zero-order chi connectivity index (χ0) is 15.1. The normalized spacial score (nSPS) is 23.5. The maximum absolute atomic E-state index is 12.1. The molecule has 3 heteroatoms. The quantitative estimate of drug-likeness (QED) is 0.845. The molecule has 0 saturated heterocycles. The van der Waals surface area contributed by atoms with Crippen LogP contribution in [0.1, 0.15) is 51.0 Å². The molecular weight excluding hydrogens is 260 g/mol. The first-order valence-electron chi connectivity index (χ1n) is 8.29. The Morgan fingerprint density at radius 3 is 2.52 bits per heavy atom.